The average molecular weight is 336 g/mol. The smallest absolute Gasteiger partial charge is 0.238 e. The molecule has 130 valence electrons. The first kappa shape index (κ1) is 16.2. The van der Waals surface area contributed by atoms with Crippen LogP contribution in [0.3, 0.4) is 0 Å². The van der Waals surface area contributed by atoms with E-state index in [9.17, 15) is 4.79 Å². The maximum absolute atomic E-state index is 12.5. The van der Waals surface area contributed by atoms with Crippen LogP contribution < -0.4 is 10.6 Å². The second-order valence-electron chi connectivity index (χ2n) is 6.91. The highest BCUT2D eigenvalue weighted by molar-refractivity contribution is 5.82. The van der Waals surface area contributed by atoms with Gasteiger partial charge in [-0.15, -0.1) is 0 Å². The largest absolute Gasteiger partial charge is 0.351 e. The number of pyridine rings is 1. The normalized spacial score (nSPS) is 21.0. The van der Waals surface area contributed by atoms with Gasteiger partial charge in [0.05, 0.1) is 6.04 Å². The minimum absolute atomic E-state index is 0.0806. The summed E-state index contributed by atoms with van der Waals surface area (Å²) in [6, 6.07) is 12.9. The van der Waals surface area contributed by atoms with Crippen LogP contribution in [0.1, 0.15) is 16.7 Å². The lowest BCUT2D eigenvalue weighted by molar-refractivity contribution is -0.124. The Kier molecular flexibility index (Phi) is 4.76. The van der Waals surface area contributed by atoms with Crippen molar-refractivity contribution in [3.8, 4) is 0 Å². The minimum atomic E-state index is -0.140. The predicted octanol–water partition coefficient (Wildman–Crippen LogP) is 1.14. The highest BCUT2D eigenvalue weighted by Gasteiger charge is 2.32. The first-order chi connectivity index (χ1) is 12.3. The number of amides is 1. The molecule has 0 bridgehead atoms. The topological polar surface area (TPSA) is 57.3 Å². The van der Waals surface area contributed by atoms with E-state index in [1.807, 2.05) is 12.1 Å². The predicted molar refractivity (Wildman–Crippen MR) is 97.1 cm³/mol. The summed E-state index contributed by atoms with van der Waals surface area (Å²) in [5.74, 6) is 0.0806. The third-order valence-electron chi connectivity index (χ3n) is 5.29. The second-order valence-corrected chi connectivity index (χ2v) is 6.91. The summed E-state index contributed by atoms with van der Waals surface area (Å²) in [4.78, 5) is 19.0. The van der Waals surface area contributed by atoms with Crippen molar-refractivity contribution in [2.24, 2.45) is 0 Å². The molecule has 4 rings (SSSR count). The number of nitrogens with zero attached hydrogens (tertiary/aromatic N) is 2. The zero-order valence-corrected chi connectivity index (χ0v) is 14.3. The Bertz CT molecular complexity index is 708. The van der Waals surface area contributed by atoms with E-state index in [1.165, 1.54) is 11.1 Å². The first-order valence-corrected chi connectivity index (χ1v) is 9.00. The van der Waals surface area contributed by atoms with Gasteiger partial charge in [0.2, 0.25) is 5.91 Å². The molecule has 1 aliphatic heterocycles. The molecule has 2 N–H and O–H groups in total. The molecule has 2 aliphatic rings. The molecule has 1 atom stereocenters. The molecular weight excluding hydrogens is 312 g/mol. The van der Waals surface area contributed by atoms with Gasteiger partial charge in [-0.25, -0.2) is 0 Å². The van der Waals surface area contributed by atoms with Gasteiger partial charge in [-0.2, -0.15) is 0 Å². The summed E-state index contributed by atoms with van der Waals surface area (Å²) in [5, 5.41) is 6.40. The highest BCUT2D eigenvalue weighted by Crippen LogP contribution is 2.26. The van der Waals surface area contributed by atoms with Gasteiger partial charge in [-0.05, 0) is 41.7 Å². The maximum atomic E-state index is 12.5. The van der Waals surface area contributed by atoms with Crippen LogP contribution >= 0.6 is 0 Å². The van der Waals surface area contributed by atoms with Gasteiger partial charge < -0.3 is 10.6 Å². The van der Waals surface area contributed by atoms with E-state index in [0.717, 1.165) is 38.0 Å². The molecule has 25 heavy (non-hydrogen) atoms. The van der Waals surface area contributed by atoms with Gasteiger partial charge in [0, 0.05) is 44.6 Å². The Morgan fingerprint density at radius 1 is 1.16 bits per heavy atom. The number of benzene rings is 1. The van der Waals surface area contributed by atoms with Crippen molar-refractivity contribution in [3.63, 3.8) is 0 Å². The molecular formula is C20H24N4O. The quantitative estimate of drug-likeness (QED) is 0.879. The fourth-order valence-electron chi connectivity index (χ4n) is 3.89. The Labute approximate surface area is 148 Å². The van der Waals surface area contributed by atoms with Crippen molar-refractivity contribution in [1.29, 1.82) is 0 Å². The van der Waals surface area contributed by atoms with Gasteiger partial charge >= 0.3 is 0 Å². The van der Waals surface area contributed by atoms with Gasteiger partial charge in [0.15, 0.2) is 0 Å². The van der Waals surface area contributed by atoms with Crippen LogP contribution in [0.15, 0.2) is 48.8 Å². The molecule has 0 spiro atoms. The van der Waals surface area contributed by atoms with Gasteiger partial charge in [-0.3, -0.25) is 14.7 Å². The lowest BCUT2D eigenvalue weighted by Gasteiger charge is -2.36. The third kappa shape index (κ3) is 3.72. The number of aromatic nitrogens is 1. The molecule has 1 amide bonds. The molecule has 1 aromatic carbocycles. The fraction of sp³-hybridized carbons (Fsp3) is 0.400. The molecule has 0 saturated carbocycles. The Morgan fingerprint density at radius 3 is 2.60 bits per heavy atom. The number of hydrogen-bond acceptors (Lipinski definition) is 4. The molecule has 1 saturated heterocycles. The number of piperazine rings is 1. The SMILES string of the molecule is O=C(NCc1ccncc1)C1CN(C2Cc3ccccc3C2)CCN1. The third-order valence-corrected chi connectivity index (χ3v) is 5.29. The fourth-order valence-corrected chi connectivity index (χ4v) is 3.89. The number of rotatable bonds is 4. The number of nitrogens with one attached hydrogen (secondary N) is 2. The summed E-state index contributed by atoms with van der Waals surface area (Å²) in [7, 11) is 0. The van der Waals surface area contributed by atoms with Crippen LogP contribution in [0, 0.1) is 0 Å². The van der Waals surface area contributed by atoms with E-state index >= 15 is 0 Å². The van der Waals surface area contributed by atoms with Gasteiger partial charge in [0.1, 0.15) is 0 Å². The van der Waals surface area contributed by atoms with Crippen molar-refractivity contribution >= 4 is 5.91 Å². The van der Waals surface area contributed by atoms with Crippen LogP contribution in [0.5, 0.6) is 0 Å². The van der Waals surface area contributed by atoms with E-state index in [1.54, 1.807) is 12.4 Å². The van der Waals surface area contributed by atoms with E-state index in [4.69, 9.17) is 0 Å². The van der Waals surface area contributed by atoms with E-state index in [0.29, 0.717) is 12.6 Å². The number of carbonyl (C=O) groups excluding carboxylic acids is 1. The van der Waals surface area contributed by atoms with Gasteiger partial charge in [-0.1, -0.05) is 24.3 Å². The lowest BCUT2D eigenvalue weighted by Crippen LogP contribution is -2.59. The number of carbonyl (C=O) groups is 1. The monoisotopic (exact) mass is 336 g/mol. The van der Waals surface area contributed by atoms with Gasteiger partial charge in [0.25, 0.3) is 0 Å². The van der Waals surface area contributed by atoms with Crippen molar-refractivity contribution in [2.45, 2.75) is 31.5 Å². The molecule has 1 aliphatic carbocycles. The number of hydrogen-bond donors (Lipinski definition) is 2. The number of fused-ring (bicyclic) bond motifs is 1. The molecule has 5 heteroatoms. The molecule has 0 radical (unpaired) electrons. The standard InChI is InChI=1S/C20H24N4O/c25-20(23-13-15-5-7-21-8-6-15)19-14-24(10-9-22-19)18-11-16-3-1-2-4-17(16)12-18/h1-8,18-19,22H,9-14H2,(H,23,25). The van der Waals surface area contributed by atoms with Crippen molar-refractivity contribution in [3.05, 3.63) is 65.5 Å². The van der Waals surface area contributed by atoms with Crippen molar-refractivity contribution in [1.82, 2.24) is 20.5 Å². The molecule has 5 nitrogen and oxygen atoms in total. The minimum Gasteiger partial charge on any atom is -0.351 e. The Hall–Kier alpha value is -2.24. The zero-order valence-electron chi connectivity index (χ0n) is 14.3. The van der Waals surface area contributed by atoms with Crippen LogP contribution in [0.25, 0.3) is 0 Å². The zero-order chi connectivity index (χ0) is 17.1. The maximum Gasteiger partial charge on any atom is 0.238 e. The van der Waals surface area contributed by atoms with Crippen LogP contribution in [0.2, 0.25) is 0 Å². The second kappa shape index (κ2) is 7.33. The Balaban J connectivity index is 1.33. The first-order valence-electron chi connectivity index (χ1n) is 9.00. The summed E-state index contributed by atoms with van der Waals surface area (Å²) < 4.78 is 0. The summed E-state index contributed by atoms with van der Waals surface area (Å²) in [6.45, 7) is 3.20. The summed E-state index contributed by atoms with van der Waals surface area (Å²) in [6.07, 6.45) is 5.70. The van der Waals surface area contributed by atoms with E-state index < -0.39 is 0 Å². The molecule has 1 unspecified atom stereocenters. The van der Waals surface area contributed by atoms with E-state index in [2.05, 4.69) is 44.8 Å². The van der Waals surface area contributed by atoms with Crippen molar-refractivity contribution in [2.75, 3.05) is 19.6 Å². The molecule has 2 heterocycles. The molecule has 2 aromatic rings. The Morgan fingerprint density at radius 2 is 1.88 bits per heavy atom. The van der Waals surface area contributed by atoms with Crippen LogP contribution in [-0.4, -0.2) is 47.5 Å². The lowest BCUT2D eigenvalue weighted by atomic mass is 10.1. The highest BCUT2D eigenvalue weighted by atomic mass is 16.2. The molecule has 1 fully saturated rings. The average Bonchev–Trinajstić information content (AvgIpc) is 3.11. The van der Waals surface area contributed by atoms with Crippen LogP contribution in [0.4, 0.5) is 0 Å². The van der Waals surface area contributed by atoms with Crippen molar-refractivity contribution < 1.29 is 4.79 Å². The van der Waals surface area contributed by atoms with Crippen LogP contribution in [-0.2, 0) is 24.2 Å². The molecule has 1 aromatic heterocycles. The summed E-state index contributed by atoms with van der Waals surface area (Å²) in [5.41, 5.74) is 4.00. The summed E-state index contributed by atoms with van der Waals surface area (Å²) >= 11 is 0. The van der Waals surface area contributed by atoms with E-state index in [-0.39, 0.29) is 11.9 Å².